The van der Waals surface area contributed by atoms with Crippen molar-refractivity contribution in [1.29, 1.82) is 0 Å². The number of aromatic hydroxyl groups is 2. The molecule has 0 unspecified atom stereocenters. The number of nitrogens with zero attached hydrogens (tertiary/aromatic N) is 1. The van der Waals surface area contributed by atoms with Gasteiger partial charge in [-0.25, -0.2) is 4.98 Å². The Kier molecular flexibility index (Phi) is 4.23. The quantitative estimate of drug-likeness (QED) is 0.753. The van der Waals surface area contributed by atoms with Gasteiger partial charge in [-0.1, -0.05) is 13.8 Å². The zero-order valence-electron chi connectivity index (χ0n) is 11.5. The highest BCUT2D eigenvalue weighted by Gasteiger charge is 2.19. The number of benzene rings is 1. The summed E-state index contributed by atoms with van der Waals surface area (Å²) in [4.78, 5) is 27.3. The minimum atomic E-state index is -0.708. The fourth-order valence-corrected chi connectivity index (χ4v) is 2.32. The number of aromatic nitrogens is 1. The molecule has 0 saturated carbocycles. The number of hydrogen-bond acceptors (Lipinski definition) is 6. The molecule has 7 heteroatoms. The van der Waals surface area contributed by atoms with Crippen LogP contribution >= 0.6 is 11.3 Å². The summed E-state index contributed by atoms with van der Waals surface area (Å²) in [5.41, 5.74) is 0.879. The van der Waals surface area contributed by atoms with Crippen molar-refractivity contribution in [3.8, 4) is 22.8 Å². The van der Waals surface area contributed by atoms with Crippen LogP contribution in [0.15, 0.2) is 23.6 Å². The third-order valence-electron chi connectivity index (χ3n) is 2.73. The van der Waals surface area contributed by atoms with E-state index in [2.05, 4.69) is 10.3 Å². The Bertz CT molecular complexity index is 694. The number of rotatable bonds is 4. The maximum atomic E-state index is 11.6. The van der Waals surface area contributed by atoms with Crippen molar-refractivity contribution in [2.75, 3.05) is 5.32 Å². The summed E-state index contributed by atoms with van der Waals surface area (Å²) in [5.74, 6) is -1.77. The van der Waals surface area contributed by atoms with Crippen molar-refractivity contribution < 1.29 is 19.8 Å². The molecule has 2 rings (SSSR count). The van der Waals surface area contributed by atoms with E-state index in [1.165, 1.54) is 18.2 Å². The summed E-state index contributed by atoms with van der Waals surface area (Å²) < 4.78 is 0. The number of ketones is 1. The van der Waals surface area contributed by atoms with Crippen LogP contribution < -0.4 is 5.32 Å². The molecule has 2 aromatic rings. The van der Waals surface area contributed by atoms with Crippen LogP contribution in [0.25, 0.3) is 11.3 Å². The Balaban J connectivity index is 2.18. The van der Waals surface area contributed by atoms with Crippen molar-refractivity contribution in [2.24, 2.45) is 5.92 Å². The zero-order valence-corrected chi connectivity index (χ0v) is 12.3. The predicted octanol–water partition coefficient (Wildman–Crippen LogP) is 2.38. The molecule has 0 atom stereocenters. The number of Topliss-reactive ketones (excluding diaryl/α,β-unsaturated/α-hetero) is 1. The zero-order chi connectivity index (χ0) is 15.6. The van der Waals surface area contributed by atoms with Gasteiger partial charge in [0.1, 0.15) is 11.5 Å². The maximum absolute atomic E-state index is 11.6. The Morgan fingerprint density at radius 3 is 2.62 bits per heavy atom. The molecule has 0 fully saturated rings. The Morgan fingerprint density at radius 2 is 2.00 bits per heavy atom. The average molecular weight is 306 g/mol. The molecule has 110 valence electrons. The molecule has 1 aromatic carbocycles. The van der Waals surface area contributed by atoms with Gasteiger partial charge in [0, 0.05) is 22.9 Å². The summed E-state index contributed by atoms with van der Waals surface area (Å²) in [6.45, 7) is 3.29. The Hall–Kier alpha value is -2.41. The highest BCUT2D eigenvalue weighted by molar-refractivity contribution is 7.14. The maximum Gasteiger partial charge on any atom is 0.293 e. The van der Waals surface area contributed by atoms with Gasteiger partial charge in [-0.15, -0.1) is 11.3 Å². The standard InChI is InChI=1S/C14H14N2O4S/c1-7(2)12(19)13(20)16-14-15-10(6-21-14)9-4-3-8(17)5-11(9)18/h3-7,17-18H,1-2H3,(H,15,16,20). The molecule has 0 bridgehead atoms. The number of nitrogens with one attached hydrogen (secondary N) is 1. The number of phenols is 2. The van der Waals surface area contributed by atoms with E-state index in [0.29, 0.717) is 11.3 Å². The Morgan fingerprint density at radius 1 is 1.29 bits per heavy atom. The largest absolute Gasteiger partial charge is 0.508 e. The molecular weight excluding hydrogens is 292 g/mol. The van der Waals surface area contributed by atoms with E-state index in [1.807, 2.05) is 0 Å². The summed E-state index contributed by atoms with van der Waals surface area (Å²) in [6, 6.07) is 4.15. The van der Waals surface area contributed by atoms with Crippen molar-refractivity contribution in [2.45, 2.75) is 13.8 Å². The molecule has 1 amide bonds. The lowest BCUT2D eigenvalue weighted by Crippen LogP contribution is -2.26. The van der Waals surface area contributed by atoms with Gasteiger partial charge >= 0.3 is 0 Å². The number of thiazole rings is 1. The smallest absolute Gasteiger partial charge is 0.293 e. The Labute approximate surface area is 125 Å². The van der Waals surface area contributed by atoms with Crippen LogP contribution in [0, 0.1) is 5.92 Å². The lowest BCUT2D eigenvalue weighted by Gasteiger charge is -2.03. The SMILES string of the molecule is CC(C)C(=O)C(=O)Nc1nc(-c2ccc(O)cc2O)cs1. The normalized spacial score (nSPS) is 10.6. The van der Waals surface area contributed by atoms with Crippen molar-refractivity contribution in [1.82, 2.24) is 4.98 Å². The molecule has 0 aliphatic heterocycles. The van der Waals surface area contributed by atoms with E-state index in [1.54, 1.807) is 19.2 Å². The van der Waals surface area contributed by atoms with Gasteiger partial charge in [0.2, 0.25) is 5.78 Å². The number of amides is 1. The molecule has 3 N–H and O–H groups in total. The van der Waals surface area contributed by atoms with Crippen LogP contribution in [0.2, 0.25) is 0 Å². The molecular formula is C14H14N2O4S. The third kappa shape index (κ3) is 3.38. The van der Waals surface area contributed by atoms with E-state index >= 15 is 0 Å². The van der Waals surface area contributed by atoms with Gasteiger partial charge in [0.15, 0.2) is 5.13 Å². The summed E-state index contributed by atoms with van der Waals surface area (Å²) in [5, 5.41) is 23.4. The number of hydrogen-bond donors (Lipinski definition) is 3. The first-order chi connectivity index (χ1) is 9.88. The molecule has 0 aliphatic rings. The first-order valence-electron chi connectivity index (χ1n) is 6.21. The number of anilines is 1. The van der Waals surface area contributed by atoms with Gasteiger partial charge in [0.25, 0.3) is 5.91 Å². The van der Waals surface area contributed by atoms with Gasteiger partial charge in [-0.05, 0) is 12.1 Å². The van der Waals surface area contributed by atoms with Crippen molar-refractivity contribution >= 4 is 28.2 Å². The lowest BCUT2D eigenvalue weighted by molar-refractivity contribution is -0.136. The fourth-order valence-electron chi connectivity index (χ4n) is 1.61. The summed E-state index contributed by atoms with van der Waals surface area (Å²) in [6.07, 6.45) is 0. The van der Waals surface area contributed by atoms with E-state index in [4.69, 9.17) is 0 Å². The molecule has 0 aliphatic carbocycles. The fraction of sp³-hybridized carbons (Fsp3) is 0.214. The van der Waals surface area contributed by atoms with Gasteiger partial charge in [-0.2, -0.15) is 0 Å². The van der Waals surface area contributed by atoms with Gasteiger partial charge < -0.3 is 10.2 Å². The van der Waals surface area contributed by atoms with Crippen molar-refractivity contribution in [3.63, 3.8) is 0 Å². The van der Waals surface area contributed by atoms with Crippen LogP contribution in [0.4, 0.5) is 5.13 Å². The molecule has 6 nitrogen and oxygen atoms in total. The van der Waals surface area contributed by atoms with Crippen LogP contribution in [-0.2, 0) is 9.59 Å². The second-order valence-corrected chi connectivity index (χ2v) is 5.57. The molecule has 0 radical (unpaired) electrons. The second kappa shape index (κ2) is 5.92. The van der Waals surface area contributed by atoms with Crippen LogP contribution in [0.1, 0.15) is 13.8 Å². The van der Waals surface area contributed by atoms with E-state index < -0.39 is 11.7 Å². The van der Waals surface area contributed by atoms with Gasteiger partial charge in [-0.3, -0.25) is 14.9 Å². The van der Waals surface area contributed by atoms with Crippen LogP contribution in [-0.4, -0.2) is 26.9 Å². The lowest BCUT2D eigenvalue weighted by atomic mass is 10.1. The van der Waals surface area contributed by atoms with E-state index in [0.717, 1.165) is 11.3 Å². The molecule has 0 spiro atoms. The van der Waals surface area contributed by atoms with Crippen LogP contribution in [0.3, 0.4) is 0 Å². The summed E-state index contributed by atoms with van der Waals surface area (Å²) >= 11 is 1.15. The average Bonchev–Trinajstić information content (AvgIpc) is 2.85. The highest BCUT2D eigenvalue weighted by atomic mass is 32.1. The first-order valence-corrected chi connectivity index (χ1v) is 7.09. The second-order valence-electron chi connectivity index (χ2n) is 4.71. The number of carbonyl (C=O) groups excluding carboxylic acids is 2. The number of carbonyl (C=O) groups is 2. The van der Waals surface area contributed by atoms with Crippen molar-refractivity contribution in [3.05, 3.63) is 23.6 Å². The minimum absolute atomic E-state index is 0.0532. The van der Waals surface area contributed by atoms with E-state index in [9.17, 15) is 19.8 Å². The first kappa shape index (κ1) is 15.0. The molecule has 1 heterocycles. The molecule has 0 saturated heterocycles. The highest BCUT2D eigenvalue weighted by Crippen LogP contribution is 2.33. The summed E-state index contributed by atoms with van der Waals surface area (Å²) in [7, 11) is 0. The van der Waals surface area contributed by atoms with Crippen LogP contribution in [0.5, 0.6) is 11.5 Å². The number of phenolic OH excluding ortho intramolecular Hbond substituents is 2. The molecule has 21 heavy (non-hydrogen) atoms. The topological polar surface area (TPSA) is 99.5 Å². The van der Waals surface area contributed by atoms with Gasteiger partial charge in [0.05, 0.1) is 5.69 Å². The predicted molar refractivity (Wildman–Crippen MR) is 79.4 cm³/mol. The van der Waals surface area contributed by atoms with E-state index in [-0.39, 0.29) is 22.5 Å². The third-order valence-corrected chi connectivity index (χ3v) is 3.49. The minimum Gasteiger partial charge on any atom is -0.508 e. The molecule has 1 aromatic heterocycles. The monoisotopic (exact) mass is 306 g/mol.